The Hall–Kier alpha value is -1.91. The molecule has 1 heterocycles. The maximum Gasteiger partial charge on any atom is 0.335 e. The van der Waals surface area contributed by atoms with E-state index in [1.54, 1.807) is 6.92 Å². The highest BCUT2D eigenvalue weighted by atomic mass is 16.5. The standard InChI is InChI=1S/C20H31NO4/c1-3-4-5-6-7-8-9-10-11-12-15-25-20(24)17(2)16-21-18(22)13-14-19(21)23/h13-14,16H,3-12,15H2,1-2H3. The van der Waals surface area contributed by atoms with Crippen molar-refractivity contribution in [3.8, 4) is 0 Å². The molecule has 1 aliphatic heterocycles. The van der Waals surface area contributed by atoms with Crippen molar-refractivity contribution in [1.29, 1.82) is 0 Å². The largest absolute Gasteiger partial charge is 0.462 e. The molecule has 1 aliphatic rings. The van der Waals surface area contributed by atoms with Gasteiger partial charge in [0.2, 0.25) is 0 Å². The van der Waals surface area contributed by atoms with Crippen LogP contribution in [0.15, 0.2) is 23.9 Å². The van der Waals surface area contributed by atoms with Crippen molar-refractivity contribution in [2.45, 2.75) is 78.1 Å². The van der Waals surface area contributed by atoms with Crippen LogP contribution in [-0.2, 0) is 19.1 Å². The second-order valence-corrected chi connectivity index (χ2v) is 6.51. The van der Waals surface area contributed by atoms with E-state index < -0.39 is 17.8 Å². The molecule has 0 saturated heterocycles. The lowest BCUT2D eigenvalue weighted by molar-refractivity contribution is -0.139. The molecule has 5 nitrogen and oxygen atoms in total. The van der Waals surface area contributed by atoms with Crippen LogP contribution in [0.5, 0.6) is 0 Å². The molecule has 0 aromatic heterocycles. The van der Waals surface area contributed by atoms with Gasteiger partial charge >= 0.3 is 5.97 Å². The topological polar surface area (TPSA) is 63.7 Å². The first-order valence-corrected chi connectivity index (χ1v) is 9.47. The predicted octanol–water partition coefficient (Wildman–Crippen LogP) is 4.28. The van der Waals surface area contributed by atoms with Crippen molar-refractivity contribution in [3.05, 3.63) is 23.9 Å². The monoisotopic (exact) mass is 349 g/mol. The average Bonchev–Trinajstić information content (AvgIpc) is 2.91. The SMILES string of the molecule is CCCCCCCCCCCCOC(=O)C(C)=CN1C(=O)C=CC1=O. The second kappa shape index (κ2) is 12.5. The minimum absolute atomic E-state index is 0.248. The van der Waals surface area contributed by atoms with Crippen LogP contribution >= 0.6 is 0 Å². The van der Waals surface area contributed by atoms with Gasteiger partial charge < -0.3 is 4.74 Å². The van der Waals surface area contributed by atoms with Crippen molar-refractivity contribution in [1.82, 2.24) is 4.90 Å². The van der Waals surface area contributed by atoms with Crippen LogP contribution in [0.2, 0.25) is 0 Å². The van der Waals surface area contributed by atoms with E-state index in [-0.39, 0.29) is 5.57 Å². The zero-order valence-electron chi connectivity index (χ0n) is 15.6. The smallest absolute Gasteiger partial charge is 0.335 e. The summed E-state index contributed by atoms with van der Waals surface area (Å²) in [5.41, 5.74) is 0.248. The zero-order valence-corrected chi connectivity index (χ0v) is 15.6. The minimum Gasteiger partial charge on any atom is -0.462 e. The van der Waals surface area contributed by atoms with Crippen molar-refractivity contribution in [2.24, 2.45) is 0 Å². The van der Waals surface area contributed by atoms with Gasteiger partial charge in [0, 0.05) is 18.4 Å². The molecule has 0 aliphatic carbocycles. The number of nitrogens with zero attached hydrogens (tertiary/aromatic N) is 1. The number of carbonyl (C=O) groups is 3. The summed E-state index contributed by atoms with van der Waals surface area (Å²) in [6, 6.07) is 0. The van der Waals surface area contributed by atoms with Gasteiger partial charge in [0.05, 0.1) is 12.2 Å². The van der Waals surface area contributed by atoms with Gasteiger partial charge in [-0.3, -0.25) is 9.59 Å². The average molecular weight is 349 g/mol. The van der Waals surface area contributed by atoms with E-state index in [9.17, 15) is 14.4 Å². The van der Waals surface area contributed by atoms with Gasteiger partial charge in [0.25, 0.3) is 11.8 Å². The van der Waals surface area contributed by atoms with Crippen LogP contribution in [-0.4, -0.2) is 29.3 Å². The summed E-state index contributed by atoms with van der Waals surface area (Å²) in [6.45, 7) is 4.15. The van der Waals surface area contributed by atoms with Crippen LogP contribution in [0.1, 0.15) is 78.1 Å². The Labute approximate surface area is 151 Å². The lowest BCUT2D eigenvalue weighted by Gasteiger charge is -2.10. The summed E-state index contributed by atoms with van der Waals surface area (Å²) in [5.74, 6) is -1.36. The quantitative estimate of drug-likeness (QED) is 0.215. The third-order valence-corrected chi connectivity index (χ3v) is 4.22. The normalized spacial score (nSPS) is 14.5. The molecule has 0 atom stereocenters. The molecule has 0 spiro atoms. The number of hydrogen-bond donors (Lipinski definition) is 0. The molecule has 0 aromatic rings. The molecule has 0 bridgehead atoms. The molecule has 1 rings (SSSR count). The summed E-state index contributed by atoms with van der Waals surface area (Å²) in [4.78, 5) is 35.6. The van der Waals surface area contributed by atoms with Gasteiger partial charge in [-0.05, 0) is 13.3 Å². The fourth-order valence-corrected chi connectivity index (χ4v) is 2.65. The second-order valence-electron chi connectivity index (χ2n) is 6.51. The fraction of sp³-hybridized carbons (Fsp3) is 0.650. The van der Waals surface area contributed by atoms with Crippen molar-refractivity contribution < 1.29 is 19.1 Å². The highest BCUT2D eigenvalue weighted by molar-refractivity contribution is 6.14. The van der Waals surface area contributed by atoms with E-state index in [1.807, 2.05) is 0 Å². The molecule has 0 saturated carbocycles. The first-order valence-electron chi connectivity index (χ1n) is 9.47. The number of amides is 2. The Kier molecular flexibility index (Phi) is 10.5. The molecular formula is C20H31NO4. The molecule has 5 heteroatoms. The lowest BCUT2D eigenvalue weighted by atomic mass is 10.1. The number of rotatable bonds is 13. The lowest BCUT2D eigenvalue weighted by Crippen LogP contribution is -2.25. The van der Waals surface area contributed by atoms with Crippen LogP contribution in [0.25, 0.3) is 0 Å². The highest BCUT2D eigenvalue weighted by Crippen LogP contribution is 2.11. The number of ether oxygens (including phenoxy) is 1. The Morgan fingerprint density at radius 1 is 0.920 bits per heavy atom. The van der Waals surface area contributed by atoms with Gasteiger partial charge in [0.1, 0.15) is 0 Å². The number of hydrogen-bond acceptors (Lipinski definition) is 4. The van der Waals surface area contributed by atoms with Gasteiger partial charge in [-0.1, -0.05) is 64.7 Å². The fourth-order valence-electron chi connectivity index (χ4n) is 2.65. The summed E-state index contributed by atoms with van der Waals surface area (Å²) in [7, 11) is 0. The zero-order chi connectivity index (χ0) is 18.5. The molecule has 25 heavy (non-hydrogen) atoms. The number of unbranched alkanes of at least 4 members (excludes halogenated alkanes) is 9. The van der Waals surface area contributed by atoms with E-state index in [0.717, 1.165) is 17.7 Å². The molecule has 0 unspecified atom stereocenters. The van der Waals surface area contributed by atoms with Gasteiger partial charge in [-0.15, -0.1) is 0 Å². The van der Waals surface area contributed by atoms with E-state index in [0.29, 0.717) is 6.61 Å². The van der Waals surface area contributed by atoms with Crippen molar-refractivity contribution in [3.63, 3.8) is 0 Å². The Bertz CT molecular complexity index is 490. The third-order valence-electron chi connectivity index (χ3n) is 4.22. The van der Waals surface area contributed by atoms with Gasteiger partial charge in [0.15, 0.2) is 0 Å². The molecule has 0 fully saturated rings. The molecule has 0 radical (unpaired) electrons. The first-order chi connectivity index (χ1) is 12.1. The maximum absolute atomic E-state index is 11.8. The Morgan fingerprint density at radius 3 is 1.92 bits per heavy atom. The van der Waals surface area contributed by atoms with E-state index in [1.165, 1.54) is 69.7 Å². The summed E-state index contributed by atoms with van der Waals surface area (Å²) in [5, 5.41) is 0. The molecule has 0 aromatic carbocycles. The number of esters is 1. The van der Waals surface area contributed by atoms with Crippen LogP contribution in [0.4, 0.5) is 0 Å². The summed E-state index contributed by atoms with van der Waals surface area (Å²) < 4.78 is 5.18. The summed E-state index contributed by atoms with van der Waals surface area (Å²) >= 11 is 0. The molecule has 140 valence electrons. The number of imide groups is 1. The molecule has 2 amide bonds. The summed E-state index contributed by atoms with van der Waals surface area (Å²) in [6.07, 6.45) is 15.8. The Morgan fingerprint density at radius 2 is 1.40 bits per heavy atom. The van der Waals surface area contributed by atoms with Gasteiger partial charge in [-0.2, -0.15) is 0 Å². The van der Waals surface area contributed by atoms with Crippen LogP contribution < -0.4 is 0 Å². The van der Waals surface area contributed by atoms with E-state index >= 15 is 0 Å². The minimum atomic E-state index is -0.483. The highest BCUT2D eigenvalue weighted by Gasteiger charge is 2.22. The van der Waals surface area contributed by atoms with Crippen molar-refractivity contribution >= 4 is 17.8 Å². The van der Waals surface area contributed by atoms with E-state index in [4.69, 9.17) is 4.74 Å². The van der Waals surface area contributed by atoms with Crippen LogP contribution in [0.3, 0.4) is 0 Å². The van der Waals surface area contributed by atoms with Gasteiger partial charge in [-0.25, -0.2) is 9.69 Å². The van der Waals surface area contributed by atoms with E-state index in [2.05, 4.69) is 6.92 Å². The Balaban J connectivity index is 2.05. The van der Waals surface area contributed by atoms with Crippen LogP contribution in [0, 0.1) is 0 Å². The molecule has 0 N–H and O–H groups in total. The van der Waals surface area contributed by atoms with Crippen molar-refractivity contribution in [2.75, 3.05) is 6.61 Å². The molecular weight excluding hydrogens is 318 g/mol. The predicted molar refractivity (Wildman–Crippen MR) is 97.6 cm³/mol. The maximum atomic E-state index is 11.8. The number of carbonyl (C=O) groups excluding carboxylic acids is 3. The third kappa shape index (κ3) is 8.66. The first kappa shape index (κ1) is 21.1.